The maximum absolute atomic E-state index is 13.0. The lowest BCUT2D eigenvalue weighted by molar-refractivity contribution is -0.134. The van der Waals surface area contributed by atoms with Gasteiger partial charge in [0.15, 0.2) is 0 Å². The monoisotopic (exact) mass is 338 g/mol. The molecule has 1 N–H and O–H groups in total. The second-order valence-corrected chi connectivity index (χ2v) is 5.98. The number of benzene rings is 1. The molecule has 132 valence electrons. The van der Waals surface area contributed by atoms with E-state index < -0.39 is 11.4 Å². The summed E-state index contributed by atoms with van der Waals surface area (Å²) >= 11 is 0. The fourth-order valence-electron chi connectivity index (χ4n) is 2.88. The van der Waals surface area contributed by atoms with Crippen molar-refractivity contribution in [1.29, 1.82) is 0 Å². The molecule has 1 saturated heterocycles. The Labute approximate surface area is 140 Å². The van der Waals surface area contributed by atoms with E-state index in [9.17, 15) is 14.0 Å². The second kappa shape index (κ2) is 8.21. The van der Waals surface area contributed by atoms with Crippen LogP contribution in [0, 0.1) is 5.82 Å². The fourth-order valence-corrected chi connectivity index (χ4v) is 2.88. The highest BCUT2D eigenvalue weighted by Gasteiger charge is 2.40. The van der Waals surface area contributed by atoms with Gasteiger partial charge in [0.2, 0.25) is 5.91 Å². The van der Waals surface area contributed by atoms with Crippen molar-refractivity contribution in [3.63, 3.8) is 0 Å². The van der Waals surface area contributed by atoms with Crippen LogP contribution >= 0.6 is 0 Å². The normalized spacial score (nSPS) is 20.2. The SMILES string of the molecule is COCC[C@]1(NC(=O)c2ccc(F)cc2)CCN(C(=O)COC)C1. The number of carbonyl (C=O) groups excluding carboxylic acids is 2. The van der Waals surface area contributed by atoms with Crippen molar-refractivity contribution < 1.29 is 23.5 Å². The predicted octanol–water partition coefficient (Wildman–Crippen LogP) is 1.21. The summed E-state index contributed by atoms with van der Waals surface area (Å²) in [5, 5.41) is 3.01. The van der Waals surface area contributed by atoms with Crippen LogP contribution in [0.4, 0.5) is 4.39 Å². The minimum absolute atomic E-state index is 0.0201. The molecule has 1 aromatic carbocycles. The summed E-state index contributed by atoms with van der Waals surface area (Å²) in [5.41, 5.74) is -0.167. The molecule has 0 saturated carbocycles. The molecule has 0 unspecified atom stereocenters. The lowest BCUT2D eigenvalue weighted by Crippen LogP contribution is -2.51. The van der Waals surface area contributed by atoms with Crippen LogP contribution in [0.3, 0.4) is 0 Å². The van der Waals surface area contributed by atoms with Gasteiger partial charge in [0, 0.05) is 39.5 Å². The number of nitrogens with one attached hydrogen (secondary N) is 1. The van der Waals surface area contributed by atoms with Crippen LogP contribution in [0.15, 0.2) is 24.3 Å². The van der Waals surface area contributed by atoms with E-state index in [1.54, 1.807) is 12.0 Å². The van der Waals surface area contributed by atoms with Crippen molar-refractivity contribution >= 4 is 11.8 Å². The predicted molar refractivity (Wildman–Crippen MR) is 86.2 cm³/mol. The van der Waals surface area contributed by atoms with Gasteiger partial charge in [0.1, 0.15) is 12.4 Å². The largest absolute Gasteiger partial charge is 0.385 e. The smallest absolute Gasteiger partial charge is 0.251 e. The molecule has 1 fully saturated rings. The van der Waals surface area contributed by atoms with E-state index >= 15 is 0 Å². The van der Waals surface area contributed by atoms with Crippen molar-refractivity contribution in [2.45, 2.75) is 18.4 Å². The Balaban J connectivity index is 2.09. The number of methoxy groups -OCH3 is 2. The van der Waals surface area contributed by atoms with Crippen LogP contribution in [0.5, 0.6) is 0 Å². The van der Waals surface area contributed by atoms with E-state index in [1.165, 1.54) is 31.4 Å². The van der Waals surface area contributed by atoms with Gasteiger partial charge in [-0.15, -0.1) is 0 Å². The third kappa shape index (κ3) is 4.52. The number of hydrogen-bond acceptors (Lipinski definition) is 4. The zero-order chi connectivity index (χ0) is 17.6. The Kier molecular flexibility index (Phi) is 6.28. The number of nitrogens with zero attached hydrogens (tertiary/aromatic N) is 1. The molecular weight excluding hydrogens is 315 g/mol. The third-order valence-corrected chi connectivity index (χ3v) is 4.24. The first-order chi connectivity index (χ1) is 11.5. The van der Waals surface area contributed by atoms with Crippen molar-refractivity contribution in [2.75, 3.05) is 40.5 Å². The standard InChI is InChI=1S/C17H23FN2O4/c1-23-10-8-17(7-9-20(12-17)15(21)11-24-2)19-16(22)13-3-5-14(18)6-4-13/h3-6H,7-12H2,1-2H3,(H,19,22)/t17-/m1/s1. The molecule has 1 aliphatic rings. The van der Waals surface area contributed by atoms with Crippen LogP contribution < -0.4 is 5.32 Å². The molecule has 24 heavy (non-hydrogen) atoms. The van der Waals surface area contributed by atoms with Crippen molar-refractivity contribution in [1.82, 2.24) is 10.2 Å². The minimum Gasteiger partial charge on any atom is -0.385 e. The van der Waals surface area contributed by atoms with Gasteiger partial charge < -0.3 is 19.7 Å². The lowest BCUT2D eigenvalue weighted by Gasteiger charge is -2.30. The molecule has 1 atom stereocenters. The molecular formula is C17H23FN2O4. The summed E-state index contributed by atoms with van der Waals surface area (Å²) < 4.78 is 23.0. The zero-order valence-corrected chi connectivity index (χ0v) is 14.0. The van der Waals surface area contributed by atoms with Gasteiger partial charge in [-0.3, -0.25) is 9.59 Å². The second-order valence-electron chi connectivity index (χ2n) is 5.98. The van der Waals surface area contributed by atoms with E-state index in [0.29, 0.717) is 38.1 Å². The van der Waals surface area contributed by atoms with Crippen LogP contribution in [0.25, 0.3) is 0 Å². The Bertz CT molecular complexity index is 578. The van der Waals surface area contributed by atoms with Gasteiger partial charge in [-0.25, -0.2) is 4.39 Å². The molecule has 0 spiro atoms. The number of rotatable bonds is 7. The number of hydrogen-bond donors (Lipinski definition) is 1. The minimum atomic E-state index is -0.551. The first kappa shape index (κ1) is 18.4. The lowest BCUT2D eigenvalue weighted by atomic mass is 9.94. The summed E-state index contributed by atoms with van der Waals surface area (Å²) in [6.45, 7) is 1.45. The quantitative estimate of drug-likeness (QED) is 0.811. The van der Waals surface area contributed by atoms with Gasteiger partial charge in [-0.05, 0) is 37.1 Å². The molecule has 1 heterocycles. The highest BCUT2D eigenvalue weighted by atomic mass is 19.1. The summed E-state index contributed by atoms with van der Waals surface area (Å²) in [5.74, 6) is -0.780. The molecule has 0 aromatic heterocycles. The first-order valence-corrected chi connectivity index (χ1v) is 7.83. The Hall–Kier alpha value is -1.99. The van der Waals surface area contributed by atoms with Gasteiger partial charge >= 0.3 is 0 Å². The van der Waals surface area contributed by atoms with Crippen molar-refractivity contribution in [3.8, 4) is 0 Å². The highest BCUT2D eigenvalue weighted by molar-refractivity contribution is 5.94. The van der Waals surface area contributed by atoms with E-state index in [2.05, 4.69) is 5.32 Å². The van der Waals surface area contributed by atoms with E-state index in [1.807, 2.05) is 0 Å². The summed E-state index contributed by atoms with van der Waals surface area (Å²) in [6.07, 6.45) is 1.23. The number of amides is 2. The topological polar surface area (TPSA) is 67.9 Å². The van der Waals surface area contributed by atoms with E-state index in [-0.39, 0.29) is 18.4 Å². The number of ether oxygens (including phenoxy) is 2. The third-order valence-electron chi connectivity index (χ3n) is 4.24. The molecule has 0 bridgehead atoms. The average molecular weight is 338 g/mol. The maximum Gasteiger partial charge on any atom is 0.251 e. The zero-order valence-electron chi connectivity index (χ0n) is 14.0. The molecule has 7 heteroatoms. The molecule has 1 aliphatic heterocycles. The van der Waals surface area contributed by atoms with Gasteiger partial charge in [-0.2, -0.15) is 0 Å². The highest BCUT2D eigenvalue weighted by Crippen LogP contribution is 2.26. The van der Waals surface area contributed by atoms with Crippen LogP contribution in [-0.4, -0.2) is 62.8 Å². The first-order valence-electron chi connectivity index (χ1n) is 7.83. The van der Waals surface area contributed by atoms with Crippen LogP contribution in [-0.2, 0) is 14.3 Å². The Morgan fingerprint density at radius 2 is 1.96 bits per heavy atom. The molecule has 2 amide bonds. The van der Waals surface area contributed by atoms with Crippen molar-refractivity contribution in [2.24, 2.45) is 0 Å². The molecule has 0 aliphatic carbocycles. The summed E-state index contributed by atoms with van der Waals surface area (Å²) in [7, 11) is 3.07. The number of likely N-dealkylation sites (tertiary alicyclic amines) is 1. The average Bonchev–Trinajstić information content (AvgIpc) is 2.98. The number of halogens is 1. The number of carbonyl (C=O) groups is 2. The van der Waals surface area contributed by atoms with E-state index in [4.69, 9.17) is 9.47 Å². The summed E-state index contributed by atoms with van der Waals surface area (Å²) in [4.78, 5) is 26.2. The molecule has 1 aromatic rings. The summed E-state index contributed by atoms with van der Waals surface area (Å²) in [6, 6.07) is 5.38. The molecule has 2 rings (SSSR count). The Morgan fingerprint density at radius 3 is 2.58 bits per heavy atom. The van der Waals surface area contributed by atoms with Gasteiger partial charge in [0.25, 0.3) is 5.91 Å². The van der Waals surface area contributed by atoms with Crippen LogP contribution in [0.1, 0.15) is 23.2 Å². The maximum atomic E-state index is 13.0. The van der Waals surface area contributed by atoms with Gasteiger partial charge in [0.05, 0.1) is 5.54 Å². The van der Waals surface area contributed by atoms with Crippen molar-refractivity contribution in [3.05, 3.63) is 35.6 Å². The van der Waals surface area contributed by atoms with Gasteiger partial charge in [-0.1, -0.05) is 0 Å². The van der Waals surface area contributed by atoms with E-state index in [0.717, 1.165) is 0 Å². The Morgan fingerprint density at radius 1 is 1.25 bits per heavy atom. The molecule has 6 nitrogen and oxygen atoms in total. The van der Waals surface area contributed by atoms with Crippen LogP contribution in [0.2, 0.25) is 0 Å². The molecule has 0 radical (unpaired) electrons. The fraction of sp³-hybridized carbons (Fsp3) is 0.529.